The number of aryl methyl sites for hydroxylation is 1. The van der Waals surface area contributed by atoms with Gasteiger partial charge in [-0.3, -0.25) is 19.3 Å². The van der Waals surface area contributed by atoms with Gasteiger partial charge in [0.1, 0.15) is 5.56 Å². The first kappa shape index (κ1) is 27.5. The highest BCUT2D eigenvalue weighted by atomic mass is 35.5. The summed E-state index contributed by atoms with van der Waals surface area (Å²) in [5, 5.41) is 16.8. The van der Waals surface area contributed by atoms with Crippen LogP contribution in [0, 0.1) is 0 Å². The number of thiophene rings is 1. The third kappa shape index (κ3) is 6.68. The Bertz CT molecular complexity index is 1510. The summed E-state index contributed by atoms with van der Waals surface area (Å²) in [5.74, 6) is -0.580. The Balaban J connectivity index is 1.43. The zero-order chi connectivity index (χ0) is 27.4. The van der Waals surface area contributed by atoms with E-state index in [-0.39, 0.29) is 23.4 Å². The average Bonchev–Trinajstić information content (AvgIpc) is 3.30. The summed E-state index contributed by atoms with van der Waals surface area (Å²) in [7, 11) is 3.71. The molecule has 2 aromatic carbocycles. The van der Waals surface area contributed by atoms with Crippen LogP contribution in [0.1, 0.15) is 39.4 Å². The molecule has 2 amide bonds. The number of hydrogen-bond donors (Lipinski definition) is 3. The lowest BCUT2D eigenvalue weighted by Crippen LogP contribution is -2.29. The van der Waals surface area contributed by atoms with E-state index in [4.69, 9.17) is 11.6 Å². The van der Waals surface area contributed by atoms with Crippen LogP contribution in [0.3, 0.4) is 0 Å². The molecular weight excluding hydrogens is 524 g/mol. The van der Waals surface area contributed by atoms with Gasteiger partial charge in [-0.25, -0.2) is 0 Å². The van der Waals surface area contributed by atoms with Gasteiger partial charge in [0.25, 0.3) is 5.91 Å². The van der Waals surface area contributed by atoms with Gasteiger partial charge in [0, 0.05) is 55.4 Å². The number of carbonyl (C=O) groups excluding carboxylic acids is 2. The SMILES string of the molecule is CC(=O)Nc1ccc(C(O)CN(C)Cc2cc3c(s2)c(=O)c(C(=O)NCc2ccc(Cl)cc2)cn3C)cc1. The number of nitrogens with one attached hydrogen (secondary N) is 2. The van der Waals surface area contributed by atoms with Crippen molar-refractivity contribution in [2.24, 2.45) is 7.05 Å². The van der Waals surface area contributed by atoms with E-state index in [1.807, 2.05) is 37.2 Å². The van der Waals surface area contributed by atoms with E-state index in [1.54, 1.807) is 47.2 Å². The first-order valence-corrected chi connectivity index (χ1v) is 13.2. The lowest BCUT2D eigenvalue weighted by Gasteiger charge is -2.20. The van der Waals surface area contributed by atoms with Crippen LogP contribution in [0.15, 0.2) is 65.6 Å². The number of hydrogen-bond acceptors (Lipinski definition) is 6. The Labute approximate surface area is 229 Å². The molecule has 8 nitrogen and oxygen atoms in total. The lowest BCUT2D eigenvalue weighted by molar-refractivity contribution is -0.114. The molecular formula is C28H29ClN4O4S. The molecule has 0 saturated carbocycles. The standard InChI is InChI=1S/C28H29ClN4O4S/c1-17(34)31-21-10-6-19(7-11-21)25(35)16-32(2)14-22-12-24-27(38-22)26(36)23(15-33(24)3)28(37)30-13-18-4-8-20(29)9-5-18/h4-12,15,25,35H,13-14,16H2,1-3H3,(H,30,37)(H,31,34). The first-order chi connectivity index (χ1) is 18.1. The summed E-state index contributed by atoms with van der Waals surface area (Å²) in [5.41, 5.74) is 2.84. The van der Waals surface area contributed by atoms with Crippen LogP contribution in [0.5, 0.6) is 0 Å². The van der Waals surface area contributed by atoms with Crippen LogP contribution in [0.2, 0.25) is 5.02 Å². The molecule has 0 fully saturated rings. The zero-order valence-corrected chi connectivity index (χ0v) is 22.9. The second-order valence-electron chi connectivity index (χ2n) is 9.23. The van der Waals surface area contributed by atoms with E-state index in [9.17, 15) is 19.5 Å². The van der Waals surface area contributed by atoms with Gasteiger partial charge >= 0.3 is 0 Å². The minimum atomic E-state index is -0.720. The number of anilines is 1. The molecule has 0 bridgehead atoms. The normalized spacial score (nSPS) is 12.1. The second-order valence-corrected chi connectivity index (χ2v) is 10.8. The van der Waals surface area contributed by atoms with E-state index >= 15 is 0 Å². The number of benzene rings is 2. The quantitative estimate of drug-likeness (QED) is 0.287. The summed E-state index contributed by atoms with van der Waals surface area (Å²) in [6.07, 6.45) is 0.846. The monoisotopic (exact) mass is 552 g/mol. The molecule has 10 heteroatoms. The Kier molecular flexibility index (Phi) is 8.63. The van der Waals surface area contributed by atoms with Gasteiger partial charge in [0.15, 0.2) is 0 Å². The highest BCUT2D eigenvalue weighted by molar-refractivity contribution is 7.19. The van der Waals surface area contributed by atoms with E-state index in [1.165, 1.54) is 18.3 Å². The van der Waals surface area contributed by atoms with Gasteiger partial charge in [0.05, 0.1) is 16.3 Å². The molecule has 2 aromatic heterocycles. The fourth-order valence-electron chi connectivity index (χ4n) is 4.14. The summed E-state index contributed by atoms with van der Waals surface area (Å²) >= 11 is 7.26. The molecule has 0 spiro atoms. The molecule has 38 heavy (non-hydrogen) atoms. The van der Waals surface area contributed by atoms with E-state index in [0.717, 1.165) is 21.5 Å². The number of fused-ring (bicyclic) bond motifs is 1. The number of amides is 2. The molecule has 0 aliphatic heterocycles. The highest BCUT2D eigenvalue weighted by Crippen LogP contribution is 2.25. The molecule has 3 N–H and O–H groups in total. The molecule has 2 heterocycles. The van der Waals surface area contributed by atoms with Gasteiger partial charge in [-0.2, -0.15) is 0 Å². The Morgan fingerprint density at radius 1 is 1.13 bits per heavy atom. The third-order valence-corrected chi connectivity index (χ3v) is 7.41. The van der Waals surface area contributed by atoms with Crippen molar-refractivity contribution in [3.63, 3.8) is 0 Å². The fourth-order valence-corrected chi connectivity index (χ4v) is 5.50. The van der Waals surface area contributed by atoms with Gasteiger partial charge < -0.3 is 20.3 Å². The van der Waals surface area contributed by atoms with Crippen LogP contribution in [-0.2, 0) is 24.9 Å². The van der Waals surface area contributed by atoms with E-state index in [0.29, 0.717) is 28.5 Å². The van der Waals surface area contributed by atoms with Crippen molar-refractivity contribution in [2.75, 3.05) is 18.9 Å². The molecule has 1 atom stereocenters. The van der Waals surface area contributed by atoms with Gasteiger partial charge in [0.2, 0.25) is 11.3 Å². The molecule has 0 saturated heterocycles. The van der Waals surface area contributed by atoms with Crippen LogP contribution in [0.4, 0.5) is 5.69 Å². The minimum Gasteiger partial charge on any atom is -0.387 e. The van der Waals surface area contributed by atoms with Crippen LogP contribution < -0.4 is 16.1 Å². The summed E-state index contributed by atoms with van der Waals surface area (Å²) < 4.78 is 2.31. The molecule has 198 valence electrons. The van der Waals surface area contributed by atoms with E-state index in [2.05, 4.69) is 10.6 Å². The third-order valence-electron chi connectivity index (χ3n) is 6.05. The smallest absolute Gasteiger partial charge is 0.257 e. The number of aliphatic hydroxyl groups excluding tert-OH is 1. The number of aromatic nitrogens is 1. The Morgan fingerprint density at radius 3 is 2.47 bits per heavy atom. The summed E-state index contributed by atoms with van der Waals surface area (Å²) in [6, 6.07) is 16.2. The number of carbonyl (C=O) groups is 2. The van der Waals surface area contributed by atoms with Gasteiger partial charge in [-0.1, -0.05) is 35.9 Å². The first-order valence-electron chi connectivity index (χ1n) is 12.0. The Morgan fingerprint density at radius 2 is 1.82 bits per heavy atom. The van der Waals surface area contributed by atoms with Crippen molar-refractivity contribution in [2.45, 2.75) is 26.1 Å². The van der Waals surface area contributed by atoms with E-state index < -0.39 is 12.0 Å². The molecule has 4 rings (SSSR count). The second kappa shape index (κ2) is 11.9. The Hall–Kier alpha value is -3.50. The lowest BCUT2D eigenvalue weighted by atomic mass is 10.1. The summed E-state index contributed by atoms with van der Waals surface area (Å²) in [4.78, 5) is 40.1. The topological polar surface area (TPSA) is 104 Å². The summed E-state index contributed by atoms with van der Waals surface area (Å²) in [6.45, 7) is 2.64. The number of pyridine rings is 1. The maximum Gasteiger partial charge on any atom is 0.257 e. The average molecular weight is 553 g/mol. The number of nitrogens with zero attached hydrogens (tertiary/aromatic N) is 2. The molecule has 0 aliphatic rings. The van der Waals surface area contributed by atoms with Crippen molar-refractivity contribution in [1.82, 2.24) is 14.8 Å². The maximum atomic E-state index is 13.2. The number of likely N-dealkylation sites (N-methyl/N-ethyl adjacent to an activating group) is 1. The number of aliphatic hydroxyl groups is 1. The van der Waals surface area contributed by atoms with Gasteiger partial charge in [-0.05, 0) is 48.5 Å². The fraction of sp³-hybridized carbons (Fsp3) is 0.250. The predicted molar refractivity (Wildman–Crippen MR) is 152 cm³/mol. The molecule has 0 radical (unpaired) electrons. The van der Waals surface area contributed by atoms with Crippen molar-refractivity contribution in [3.05, 3.63) is 97.6 Å². The van der Waals surface area contributed by atoms with Crippen LogP contribution in [-0.4, -0.2) is 40.0 Å². The van der Waals surface area contributed by atoms with Crippen molar-refractivity contribution in [1.29, 1.82) is 0 Å². The zero-order valence-electron chi connectivity index (χ0n) is 21.3. The highest BCUT2D eigenvalue weighted by Gasteiger charge is 2.18. The number of halogens is 1. The molecule has 1 unspecified atom stereocenters. The van der Waals surface area contributed by atoms with Crippen LogP contribution in [0.25, 0.3) is 10.2 Å². The van der Waals surface area contributed by atoms with Crippen LogP contribution >= 0.6 is 22.9 Å². The number of rotatable bonds is 9. The van der Waals surface area contributed by atoms with Crippen molar-refractivity contribution >= 4 is 50.7 Å². The maximum absolute atomic E-state index is 13.2. The minimum absolute atomic E-state index is 0.0915. The molecule has 4 aromatic rings. The van der Waals surface area contributed by atoms with Gasteiger partial charge in [-0.15, -0.1) is 11.3 Å². The largest absolute Gasteiger partial charge is 0.387 e. The predicted octanol–water partition coefficient (Wildman–Crippen LogP) is 4.31. The molecule has 0 aliphatic carbocycles. The van der Waals surface area contributed by atoms with Crippen molar-refractivity contribution in [3.8, 4) is 0 Å². The van der Waals surface area contributed by atoms with Crippen molar-refractivity contribution < 1.29 is 14.7 Å².